The minimum atomic E-state index is 0.163. The number of benzene rings is 1. The van der Waals surface area contributed by atoms with E-state index in [4.69, 9.17) is 5.73 Å². The summed E-state index contributed by atoms with van der Waals surface area (Å²) < 4.78 is 0. The standard InChI is InChI=1S/C17H29N3/c1-14-6-8-15(9-7-14)17(18)10-12-20-11-4-5-16(20)13-19(2)3/h6-9,16-17H,4-5,10-13,18H2,1-3H3. The predicted molar refractivity (Wildman–Crippen MR) is 85.9 cm³/mol. The zero-order chi connectivity index (χ0) is 14.5. The molecule has 2 N–H and O–H groups in total. The fraction of sp³-hybridized carbons (Fsp3) is 0.647. The van der Waals surface area contributed by atoms with Gasteiger partial charge in [-0.15, -0.1) is 0 Å². The molecule has 1 aliphatic rings. The first-order valence-electron chi connectivity index (χ1n) is 7.77. The van der Waals surface area contributed by atoms with Crippen molar-refractivity contribution < 1.29 is 0 Å². The molecule has 1 heterocycles. The molecule has 0 aliphatic carbocycles. The van der Waals surface area contributed by atoms with E-state index in [2.05, 4.69) is 55.1 Å². The van der Waals surface area contributed by atoms with Gasteiger partial charge in [0, 0.05) is 25.2 Å². The van der Waals surface area contributed by atoms with Crippen molar-refractivity contribution in [2.45, 2.75) is 38.3 Å². The first kappa shape index (κ1) is 15.5. The Bertz CT molecular complexity index is 399. The Kier molecular flexibility index (Phi) is 5.58. The Morgan fingerprint density at radius 3 is 2.65 bits per heavy atom. The van der Waals surface area contributed by atoms with Gasteiger partial charge >= 0.3 is 0 Å². The number of hydrogen-bond donors (Lipinski definition) is 1. The summed E-state index contributed by atoms with van der Waals surface area (Å²) in [7, 11) is 4.32. The van der Waals surface area contributed by atoms with E-state index in [-0.39, 0.29) is 6.04 Å². The van der Waals surface area contributed by atoms with Crippen LogP contribution in [0.3, 0.4) is 0 Å². The molecule has 0 radical (unpaired) electrons. The molecule has 0 aromatic heterocycles. The molecule has 1 saturated heterocycles. The molecule has 2 unspecified atom stereocenters. The van der Waals surface area contributed by atoms with Crippen LogP contribution in [0.5, 0.6) is 0 Å². The van der Waals surface area contributed by atoms with Crippen molar-refractivity contribution in [2.75, 3.05) is 33.7 Å². The second-order valence-electron chi connectivity index (χ2n) is 6.40. The molecule has 1 fully saturated rings. The van der Waals surface area contributed by atoms with Gasteiger partial charge in [-0.1, -0.05) is 29.8 Å². The Morgan fingerprint density at radius 2 is 2.00 bits per heavy atom. The zero-order valence-corrected chi connectivity index (χ0v) is 13.2. The summed E-state index contributed by atoms with van der Waals surface area (Å²) in [6.07, 6.45) is 3.71. The van der Waals surface area contributed by atoms with Gasteiger partial charge < -0.3 is 10.6 Å². The van der Waals surface area contributed by atoms with E-state index in [9.17, 15) is 0 Å². The maximum Gasteiger partial charge on any atom is 0.0307 e. The van der Waals surface area contributed by atoms with E-state index in [1.165, 1.54) is 37.1 Å². The topological polar surface area (TPSA) is 32.5 Å². The highest BCUT2D eigenvalue weighted by atomic mass is 15.2. The van der Waals surface area contributed by atoms with E-state index in [0.29, 0.717) is 0 Å². The molecule has 2 rings (SSSR count). The average Bonchev–Trinajstić information content (AvgIpc) is 2.83. The third kappa shape index (κ3) is 4.30. The van der Waals surface area contributed by atoms with Crippen LogP contribution < -0.4 is 5.73 Å². The van der Waals surface area contributed by atoms with Crippen LogP contribution in [0.2, 0.25) is 0 Å². The molecule has 3 heteroatoms. The highest BCUT2D eigenvalue weighted by molar-refractivity contribution is 5.23. The van der Waals surface area contributed by atoms with Crippen molar-refractivity contribution in [1.82, 2.24) is 9.80 Å². The SMILES string of the molecule is Cc1ccc(C(N)CCN2CCCC2CN(C)C)cc1. The second-order valence-corrected chi connectivity index (χ2v) is 6.40. The third-order valence-electron chi connectivity index (χ3n) is 4.31. The van der Waals surface area contributed by atoms with Crippen LogP contribution in [-0.2, 0) is 0 Å². The monoisotopic (exact) mass is 275 g/mol. The fourth-order valence-electron chi connectivity index (χ4n) is 3.10. The molecule has 20 heavy (non-hydrogen) atoms. The van der Waals surface area contributed by atoms with Crippen molar-refractivity contribution in [1.29, 1.82) is 0 Å². The Balaban J connectivity index is 1.83. The minimum Gasteiger partial charge on any atom is -0.324 e. The Hall–Kier alpha value is -0.900. The van der Waals surface area contributed by atoms with Gasteiger partial charge in [0.2, 0.25) is 0 Å². The first-order chi connectivity index (χ1) is 9.56. The summed E-state index contributed by atoms with van der Waals surface area (Å²) >= 11 is 0. The molecule has 3 nitrogen and oxygen atoms in total. The van der Waals surface area contributed by atoms with Crippen LogP contribution in [0.25, 0.3) is 0 Å². The first-order valence-corrected chi connectivity index (χ1v) is 7.77. The van der Waals surface area contributed by atoms with Crippen molar-refractivity contribution in [3.05, 3.63) is 35.4 Å². The Morgan fingerprint density at radius 1 is 1.30 bits per heavy atom. The lowest BCUT2D eigenvalue weighted by atomic mass is 10.0. The average molecular weight is 275 g/mol. The van der Waals surface area contributed by atoms with Crippen molar-refractivity contribution in [3.63, 3.8) is 0 Å². The van der Waals surface area contributed by atoms with E-state index in [0.717, 1.165) is 19.0 Å². The number of likely N-dealkylation sites (tertiary alicyclic amines) is 1. The lowest BCUT2D eigenvalue weighted by Gasteiger charge is -2.28. The van der Waals surface area contributed by atoms with Gasteiger partial charge in [-0.2, -0.15) is 0 Å². The van der Waals surface area contributed by atoms with Gasteiger partial charge in [-0.25, -0.2) is 0 Å². The Labute approximate surface area is 123 Å². The number of hydrogen-bond acceptors (Lipinski definition) is 3. The molecule has 0 amide bonds. The minimum absolute atomic E-state index is 0.163. The van der Waals surface area contributed by atoms with E-state index in [1.807, 2.05) is 0 Å². The summed E-state index contributed by atoms with van der Waals surface area (Å²) in [5.41, 5.74) is 8.89. The van der Waals surface area contributed by atoms with Gasteiger partial charge in [-0.3, -0.25) is 4.90 Å². The summed E-state index contributed by atoms with van der Waals surface area (Å²) in [4.78, 5) is 4.91. The van der Waals surface area contributed by atoms with Gasteiger partial charge in [0.15, 0.2) is 0 Å². The van der Waals surface area contributed by atoms with Crippen LogP contribution in [0.4, 0.5) is 0 Å². The van der Waals surface area contributed by atoms with Crippen LogP contribution in [0, 0.1) is 6.92 Å². The molecule has 0 bridgehead atoms. The summed E-state index contributed by atoms with van der Waals surface area (Å²) in [6, 6.07) is 9.52. The van der Waals surface area contributed by atoms with Crippen LogP contribution in [-0.4, -0.2) is 49.6 Å². The molecule has 0 spiro atoms. The smallest absolute Gasteiger partial charge is 0.0307 e. The third-order valence-corrected chi connectivity index (χ3v) is 4.31. The van der Waals surface area contributed by atoms with Crippen molar-refractivity contribution >= 4 is 0 Å². The summed E-state index contributed by atoms with van der Waals surface area (Å²) in [6.45, 7) is 5.64. The summed E-state index contributed by atoms with van der Waals surface area (Å²) in [5.74, 6) is 0. The molecular weight excluding hydrogens is 246 g/mol. The van der Waals surface area contributed by atoms with Gasteiger partial charge in [0.1, 0.15) is 0 Å². The molecule has 2 atom stereocenters. The largest absolute Gasteiger partial charge is 0.324 e. The number of rotatable bonds is 6. The molecule has 1 aliphatic heterocycles. The van der Waals surface area contributed by atoms with Gasteiger partial charge in [-0.05, 0) is 52.4 Å². The van der Waals surface area contributed by atoms with E-state index in [1.54, 1.807) is 0 Å². The van der Waals surface area contributed by atoms with Crippen molar-refractivity contribution in [3.8, 4) is 0 Å². The van der Waals surface area contributed by atoms with E-state index < -0.39 is 0 Å². The normalized spacial score (nSPS) is 21.6. The second kappa shape index (κ2) is 7.21. The van der Waals surface area contributed by atoms with Gasteiger partial charge in [0.25, 0.3) is 0 Å². The van der Waals surface area contributed by atoms with Crippen LogP contribution in [0.1, 0.15) is 36.4 Å². The maximum atomic E-state index is 6.33. The summed E-state index contributed by atoms with van der Waals surface area (Å²) in [5, 5.41) is 0. The number of likely N-dealkylation sites (N-methyl/N-ethyl adjacent to an activating group) is 1. The molecular formula is C17H29N3. The predicted octanol–water partition coefficient (Wildman–Crippen LogP) is 2.41. The maximum absolute atomic E-state index is 6.33. The number of aryl methyl sites for hydroxylation is 1. The molecule has 1 aromatic rings. The highest BCUT2D eigenvalue weighted by Crippen LogP contribution is 2.21. The highest BCUT2D eigenvalue weighted by Gasteiger charge is 2.24. The fourth-order valence-corrected chi connectivity index (χ4v) is 3.10. The molecule has 112 valence electrons. The molecule has 0 saturated carbocycles. The van der Waals surface area contributed by atoms with Crippen LogP contribution >= 0.6 is 0 Å². The van der Waals surface area contributed by atoms with E-state index >= 15 is 0 Å². The quantitative estimate of drug-likeness (QED) is 0.865. The van der Waals surface area contributed by atoms with Crippen molar-refractivity contribution in [2.24, 2.45) is 5.73 Å². The van der Waals surface area contributed by atoms with Gasteiger partial charge in [0.05, 0.1) is 0 Å². The lowest BCUT2D eigenvalue weighted by molar-refractivity contribution is 0.202. The lowest BCUT2D eigenvalue weighted by Crippen LogP contribution is -2.38. The number of nitrogens with two attached hydrogens (primary N) is 1. The zero-order valence-electron chi connectivity index (χ0n) is 13.2. The number of nitrogens with zero attached hydrogens (tertiary/aromatic N) is 2. The van der Waals surface area contributed by atoms with Crippen LogP contribution in [0.15, 0.2) is 24.3 Å². The molecule has 1 aromatic carbocycles.